The lowest BCUT2D eigenvalue weighted by atomic mass is 10.1. The van der Waals surface area contributed by atoms with Crippen LogP contribution in [0.15, 0.2) is 84.9 Å². The highest BCUT2D eigenvalue weighted by molar-refractivity contribution is 9.09. The van der Waals surface area contributed by atoms with Gasteiger partial charge in [-0.1, -0.05) is 23.4 Å². The van der Waals surface area contributed by atoms with E-state index in [1.807, 2.05) is 50.2 Å². The maximum absolute atomic E-state index is 13.2. The lowest BCUT2D eigenvalue weighted by Gasteiger charge is -2.36. The first kappa shape index (κ1) is 55.1. The number of hydrogen-bond donors (Lipinski definition) is 3. The first-order valence-electron chi connectivity index (χ1n) is 24.3. The predicted molar refractivity (Wildman–Crippen MR) is 288 cm³/mol. The van der Waals surface area contributed by atoms with E-state index < -0.39 is 12.2 Å². The molecule has 0 bridgehead atoms. The van der Waals surface area contributed by atoms with Crippen molar-refractivity contribution in [2.24, 2.45) is 11.8 Å². The number of nitrogens with one attached hydrogen (secondary N) is 1. The third-order valence-corrected chi connectivity index (χ3v) is 15.7. The summed E-state index contributed by atoms with van der Waals surface area (Å²) in [6.45, 7) is 15.6. The van der Waals surface area contributed by atoms with Gasteiger partial charge in [-0.3, -0.25) is 19.4 Å². The topological polar surface area (TPSA) is 147 Å². The molecule has 19 heteroatoms. The molecule has 2 unspecified atom stereocenters. The van der Waals surface area contributed by atoms with Crippen LogP contribution in [0.3, 0.4) is 0 Å². The average molecular weight is 1090 g/mol. The van der Waals surface area contributed by atoms with Gasteiger partial charge in [-0.05, 0) is 98.5 Å². The van der Waals surface area contributed by atoms with Gasteiger partial charge in [0.25, 0.3) is 0 Å². The van der Waals surface area contributed by atoms with E-state index in [9.17, 15) is 28.6 Å². The van der Waals surface area contributed by atoms with Gasteiger partial charge in [0.1, 0.15) is 48.6 Å². The summed E-state index contributed by atoms with van der Waals surface area (Å²) < 4.78 is 39.7. The van der Waals surface area contributed by atoms with E-state index in [0.717, 1.165) is 119 Å². The predicted octanol–water partition coefficient (Wildman–Crippen LogP) is 7.61. The van der Waals surface area contributed by atoms with Crippen LogP contribution in [0.25, 0.3) is 20.4 Å². The number of aromatic nitrogens is 2. The standard InChI is InChI=1S/C26H31FN4O3S.C15H21N3O2S.C11H11BrFNO.CH4/c1-18-28-24-13-23(6-7-25(24)35-18)34-17-22(32)16-30-10-8-29(9-11-30)14-19-12-26(33)31(15-19)21-4-2-20(27)3-5-21;1-11-17-14-8-13(2-3-15(14)21-11)20-10-12(19)9-18-6-4-16-5-7-18;12-6-8-5-11(15)14(7-8)10-3-1-9(13)2-4-10;/h2-7,13,19,22,32H,8-12,14-17H2,1H3;2-3,8,12,16,19H,4-7,9-10H2,1H3;1-4,8H,5-7H2;1H4/t19?,22-;12-;;/m11../s1. The zero-order valence-electron chi connectivity index (χ0n) is 40.2. The number of nitrogens with zero attached hydrogens (tertiary/aromatic N) is 7. The monoisotopic (exact) mass is 1090 g/mol. The Morgan fingerprint density at radius 1 is 0.653 bits per heavy atom. The summed E-state index contributed by atoms with van der Waals surface area (Å²) in [7, 11) is 0. The Labute approximate surface area is 437 Å². The van der Waals surface area contributed by atoms with Crippen molar-refractivity contribution in [1.82, 2.24) is 30.0 Å². The number of ether oxygens (including phenoxy) is 2. The van der Waals surface area contributed by atoms with Crippen LogP contribution >= 0.6 is 38.6 Å². The van der Waals surface area contributed by atoms with Crippen molar-refractivity contribution in [2.75, 3.05) is 113 Å². The molecule has 4 fully saturated rings. The SMILES string of the molecule is C.Cc1nc2cc(OC[C@H](O)CN3CCN(CC4CC(=O)N(c5ccc(F)cc5)C4)CC3)ccc2s1.Cc1nc2cc(OC[C@H](O)CN3CCNCC3)ccc2s1.O=C1CC(CBr)CN1c1ccc(F)cc1. The molecular weight excluding hydrogens is 1030 g/mol. The Balaban J connectivity index is 0.000000174. The van der Waals surface area contributed by atoms with Gasteiger partial charge in [0.15, 0.2) is 0 Å². The van der Waals surface area contributed by atoms with E-state index in [2.05, 4.69) is 45.9 Å². The fraction of sp³-hybridized carbons (Fsp3) is 0.472. The second kappa shape index (κ2) is 26.5. The number of aliphatic hydroxyl groups excluding tert-OH is 2. The highest BCUT2D eigenvalue weighted by atomic mass is 79.9. The summed E-state index contributed by atoms with van der Waals surface area (Å²) in [6.07, 6.45) is 0.0739. The largest absolute Gasteiger partial charge is 0.491 e. The molecular formula is C53H67BrF2N8O6S2. The van der Waals surface area contributed by atoms with Gasteiger partial charge >= 0.3 is 0 Å². The van der Waals surface area contributed by atoms with Crippen LogP contribution in [0.1, 0.15) is 30.3 Å². The quantitative estimate of drug-likeness (QED) is 0.0871. The first-order chi connectivity index (χ1) is 34.3. The fourth-order valence-corrected chi connectivity index (χ4v) is 11.3. The number of aryl methyl sites for hydroxylation is 2. The molecule has 0 spiro atoms. The molecule has 0 radical (unpaired) electrons. The summed E-state index contributed by atoms with van der Waals surface area (Å²) in [6, 6.07) is 23.9. The van der Waals surface area contributed by atoms with Crippen molar-refractivity contribution in [1.29, 1.82) is 0 Å². The van der Waals surface area contributed by atoms with Gasteiger partial charge in [0.05, 0.1) is 30.4 Å². The molecule has 4 atom stereocenters. The number of halogens is 3. The van der Waals surface area contributed by atoms with E-state index in [-0.39, 0.29) is 43.4 Å². The van der Waals surface area contributed by atoms with Crippen molar-refractivity contribution >= 4 is 82.2 Å². The molecule has 2 amide bonds. The van der Waals surface area contributed by atoms with Gasteiger partial charge in [0.2, 0.25) is 11.8 Å². The van der Waals surface area contributed by atoms with Gasteiger partial charge in [0, 0.05) is 127 Å². The zero-order chi connectivity index (χ0) is 49.9. The summed E-state index contributed by atoms with van der Waals surface area (Å²) in [4.78, 5) is 43.5. The number of amides is 2. The minimum atomic E-state index is -0.564. The first-order valence-corrected chi connectivity index (χ1v) is 27.0. The Kier molecular flexibility index (Phi) is 20.3. The van der Waals surface area contributed by atoms with Crippen LogP contribution < -0.4 is 24.6 Å². The molecule has 4 aliphatic heterocycles. The molecule has 3 N–H and O–H groups in total. The van der Waals surface area contributed by atoms with Crippen LogP contribution in [0.4, 0.5) is 20.2 Å². The number of anilines is 2. The molecule has 388 valence electrons. The third-order valence-electron chi connectivity index (χ3n) is 12.9. The van der Waals surface area contributed by atoms with Crippen molar-refractivity contribution in [3.63, 3.8) is 0 Å². The van der Waals surface area contributed by atoms with Crippen molar-refractivity contribution in [3.05, 3.63) is 107 Å². The van der Waals surface area contributed by atoms with Crippen LogP contribution in [-0.2, 0) is 9.59 Å². The highest BCUT2D eigenvalue weighted by Crippen LogP contribution is 2.29. The number of fused-ring (bicyclic) bond motifs is 2. The van der Waals surface area contributed by atoms with E-state index in [4.69, 9.17) is 9.47 Å². The summed E-state index contributed by atoms with van der Waals surface area (Å²) >= 11 is 6.72. The summed E-state index contributed by atoms with van der Waals surface area (Å²) in [5.41, 5.74) is 3.44. The van der Waals surface area contributed by atoms with Gasteiger partial charge in [-0.15, -0.1) is 22.7 Å². The minimum Gasteiger partial charge on any atom is -0.491 e. The van der Waals surface area contributed by atoms with Crippen LogP contribution in [-0.4, -0.2) is 163 Å². The van der Waals surface area contributed by atoms with E-state index in [1.54, 1.807) is 56.7 Å². The number of alkyl halides is 1. The van der Waals surface area contributed by atoms with Crippen LogP contribution in [0.5, 0.6) is 11.5 Å². The molecule has 72 heavy (non-hydrogen) atoms. The molecule has 6 heterocycles. The average Bonchev–Trinajstić information content (AvgIpc) is 4.15. The fourth-order valence-electron chi connectivity index (χ4n) is 9.25. The number of rotatable bonds is 15. The molecule has 4 saturated heterocycles. The third kappa shape index (κ3) is 15.7. The second-order valence-corrected chi connectivity index (χ2v) is 21.7. The van der Waals surface area contributed by atoms with Crippen LogP contribution in [0.2, 0.25) is 0 Å². The van der Waals surface area contributed by atoms with Crippen molar-refractivity contribution < 1.29 is 38.1 Å². The van der Waals surface area contributed by atoms with E-state index in [1.165, 1.54) is 29.0 Å². The molecule has 0 aliphatic carbocycles. The molecule has 6 aromatic rings. The number of benzene rings is 4. The number of thiazole rings is 2. The smallest absolute Gasteiger partial charge is 0.227 e. The normalized spacial score (nSPS) is 19.7. The Morgan fingerprint density at radius 3 is 1.54 bits per heavy atom. The molecule has 0 saturated carbocycles. The molecule has 4 aromatic carbocycles. The molecule has 4 aliphatic rings. The lowest BCUT2D eigenvalue weighted by molar-refractivity contribution is -0.118. The number of hydrogen-bond acceptors (Lipinski definition) is 14. The lowest BCUT2D eigenvalue weighted by Crippen LogP contribution is -2.50. The number of β-amino-alcohol motifs (C(OH)–C–C–N with tert-alkyl or cyclic N) is 2. The number of carbonyl (C=O) groups is 2. The minimum absolute atomic E-state index is 0. The summed E-state index contributed by atoms with van der Waals surface area (Å²) in [5.74, 6) is 1.79. The second-order valence-electron chi connectivity index (χ2n) is 18.6. The van der Waals surface area contributed by atoms with E-state index in [0.29, 0.717) is 45.0 Å². The maximum Gasteiger partial charge on any atom is 0.227 e. The van der Waals surface area contributed by atoms with Crippen molar-refractivity contribution in [3.8, 4) is 11.5 Å². The van der Waals surface area contributed by atoms with E-state index >= 15 is 0 Å². The maximum atomic E-state index is 13.2. The Morgan fingerprint density at radius 2 is 1.08 bits per heavy atom. The number of carbonyl (C=O) groups excluding carboxylic acids is 2. The van der Waals surface area contributed by atoms with Gasteiger partial charge in [-0.25, -0.2) is 18.7 Å². The van der Waals surface area contributed by atoms with Crippen LogP contribution in [0, 0.1) is 37.3 Å². The summed E-state index contributed by atoms with van der Waals surface area (Å²) in [5, 5.41) is 26.8. The van der Waals surface area contributed by atoms with Gasteiger partial charge < -0.3 is 39.7 Å². The number of aliphatic hydroxyl groups is 2. The molecule has 10 rings (SSSR count). The highest BCUT2D eigenvalue weighted by Gasteiger charge is 2.33. The zero-order valence-corrected chi connectivity index (χ0v) is 43.4. The molecule has 14 nitrogen and oxygen atoms in total. The van der Waals surface area contributed by atoms with Gasteiger partial charge in [-0.2, -0.15) is 0 Å². The molecule has 2 aromatic heterocycles. The number of piperazine rings is 2. The van der Waals surface area contributed by atoms with Crippen molar-refractivity contribution in [2.45, 2.75) is 46.3 Å². The Bertz CT molecular complexity index is 2670. The Hall–Kier alpha value is -4.70.